The number of likely N-dealkylation sites (tertiary alicyclic amines) is 1. The van der Waals surface area contributed by atoms with Crippen LogP contribution in [-0.2, 0) is 4.74 Å². The van der Waals surface area contributed by atoms with Gasteiger partial charge in [0.2, 0.25) is 0 Å². The molecule has 1 rings (SSSR count). The highest BCUT2D eigenvalue weighted by Gasteiger charge is 2.36. The van der Waals surface area contributed by atoms with E-state index in [9.17, 15) is 4.79 Å². The Hall–Kier alpha value is -1.21. The average molecular weight is 224 g/mol. The van der Waals surface area contributed by atoms with Crippen molar-refractivity contribution in [3.05, 3.63) is 0 Å². The van der Waals surface area contributed by atoms with Gasteiger partial charge in [0.25, 0.3) is 0 Å². The van der Waals surface area contributed by atoms with Crippen LogP contribution in [0.5, 0.6) is 0 Å². The Kier molecular flexibility index (Phi) is 4.63. The molecule has 1 heterocycles. The number of terminal acetylenes is 1. The second-order valence-corrected chi connectivity index (χ2v) is 4.33. The molecule has 1 fully saturated rings. The maximum Gasteiger partial charge on any atom is 0.405 e. The number of ether oxygens (including phenoxy) is 1. The van der Waals surface area contributed by atoms with Gasteiger partial charge in [-0.1, -0.05) is 6.92 Å². The Bertz CT molecular complexity index is 275. The molecule has 0 aromatic heterocycles. The van der Waals surface area contributed by atoms with Gasteiger partial charge in [-0.25, -0.2) is 4.79 Å². The maximum absolute atomic E-state index is 10.9. The Labute approximate surface area is 97.1 Å². The maximum atomic E-state index is 10.9. The van der Waals surface area contributed by atoms with E-state index in [0.29, 0.717) is 6.42 Å². The summed E-state index contributed by atoms with van der Waals surface area (Å²) < 4.78 is 5.22. The van der Waals surface area contributed by atoms with Gasteiger partial charge >= 0.3 is 6.09 Å². The molecule has 1 aliphatic heterocycles. The molecule has 0 aromatic carbocycles. The van der Waals surface area contributed by atoms with Crippen LogP contribution in [0.25, 0.3) is 0 Å². The molecule has 2 N–H and O–H groups in total. The summed E-state index contributed by atoms with van der Waals surface area (Å²) in [6, 6.07) is 0. The predicted molar refractivity (Wildman–Crippen MR) is 62.8 cm³/mol. The zero-order valence-electron chi connectivity index (χ0n) is 9.87. The minimum atomic E-state index is -0.723. The molecule has 0 spiro atoms. The smallest absolute Gasteiger partial charge is 0.405 e. The van der Waals surface area contributed by atoms with Gasteiger partial charge in [-0.3, -0.25) is 0 Å². The average Bonchev–Trinajstić information content (AvgIpc) is 2.21. The van der Waals surface area contributed by atoms with Crippen molar-refractivity contribution in [1.29, 1.82) is 0 Å². The first-order valence-corrected chi connectivity index (χ1v) is 5.76. The monoisotopic (exact) mass is 224 g/mol. The highest BCUT2D eigenvalue weighted by Crippen LogP contribution is 2.29. The number of hydrogen-bond donors (Lipinski definition) is 1. The van der Waals surface area contributed by atoms with Crippen LogP contribution >= 0.6 is 0 Å². The third kappa shape index (κ3) is 3.42. The van der Waals surface area contributed by atoms with Crippen LogP contribution in [0.1, 0.15) is 32.6 Å². The molecule has 0 unspecified atom stereocenters. The minimum absolute atomic E-state index is 0.454. The summed E-state index contributed by atoms with van der Waals surface area (Å²) in [6.45, 7) is 5.08. The third-order valence-corrected chi connectivity index (χ3v) is 3.05. The molecule has 1 saturated heterocycles. The van der Waals surface area contributed by atoms with Gasteiger partial charge < -0.3 is 15.4 Å². The lowest BCUT2D eigenvalue weighted by Crippen LogP contribution is -2.47. The molecule has 4 heteroatoms. The van der Waals surface area contributed by atoms with Gasteiger partial charge in [0, 0.05) is 32.4 Å². The zero-order valence-corrected chi connectivity index (χ0v) is 9.87. The normalized spacial score (nSPS) is 20.0. The van der Waals surface area contributed by atoms with E-state index in [0.717, 1.165) is 38.9 Å². The van der Waals surface area contributed by atoms with Crippen LogP contribution in [-0.4, -0.2) is 36.2 Å². The molecule has 4 nitrogen and oxygen atoms in total. The molecule has 1 aliphatic rings. The van der Waals surface area contributed by atoms with E-state index < -0.39 is 11.7 Å². The van der Waals surface area contributed by atoms with Crippen molar-refractivity contribution >= 4 is 6.09 Å². The molecule has 1 amide bonds. The Morgan fingerprint density at radius 1 is 1.56 bits per heavy atom. The van der Waals surface area contributed by atoms with Crippen molar-refractivity contribution < 1.29 is 9.53 Å². The van der Waals surface area contributed by atoms with Gasteiger partial charge in [0.1, 0.15) is 5.60 Å². The summed E-state index contributed by atoms with van der Waals surface area (Å²) in [5.74, 6) is 2.58. The summed E-state index contributed by atoms with van der Waals surface area (Å²) in [4.78, 5) is 13.2. The van der Waals surface area contributed by atoms with Crippen molar-refractivity contribution in [2.75, 3.05) is 19.6 Å². The van der Waals surface area contributed by atoms with E-state index in [-0.39, 0.29) is 0 Å². The summed E-state index contributed by atoms with van der Waals surface area (Å²) >= 11 is 0. The summed E-state index contributed by atoms with van der Waals surface area (Å²) in [6.07, 6.45) is 7.74. The summed E-state index contributed by atoms with van der Waals surface area (Å²) in [5.41, 5.74) is 4.57. The number of rotatable bonds is 4. The quantitative estimate of drug-likeness (QED) is 0.733. The first-order chi connectivity index (χ1) is 7.62. The van der Waals surface area contributed by atoms with Crippen LogP contribution in [0.2, 0.25) is 0 Å². The first kappa shape index (κ1) is 12.9. The van der Waals surface area contributed by atoms with E-state index >= 15 is 0 Å². The van der Waals surface area contributed by atoms with E-state index in [4.69, 9.17) is 16.9 Å². The number of primary amides is 1. The number of carbonyl (C=O) groups excluding carboxylic acids is 1. The third-order valence-electron chi connectivity index (χ3n) is 3.05. The number of nitrogens with zero attached hydrogens (tertiary/aromatic N) is 1. The first-order valence-electron chi connectivity index (χ1n) is 5.76. The van der Waals surface area contributed by atoms with Gasteiger partial charge in [-0.05, 0) is 13.0 Å². The number of piperidine rings is 1. The molecule has 90 valence electrons. The highest BCUT2D eigenvalue weighted by molar-refractivity contribution is 5.65. The fourth-order valence-electron chi connectivity index (χ4n) is 2.21. The molecule has 0 bridgehead atoms. The van der Waals surface area contributed by atoms with E-state index in [1.54, 1.807) is 0 Å². The van der Waals surface area contributed by atoms with Crippen molar-refractivity contribution in [2.45, 2.75) is 38.2 Å². The molecular formula is C12H20N2O2. The topological polar surface area (TPSA) is 55.6 Å². The van der Waals surface area contributed by atoms with Crippen molar-refractivity contribution in [1.82, 2.24) is 4.90 Å². The molecular weight excluding hydrogens is 204 g/mol. The van der Waals surface area contributed by atoms with Crippen LogP contribution in [0.15, 0.2) is 0 Å². The largest absolute Gasteiger partial charge is 0.442 e. The van der Waals surface area contributed by atoms with Crippen molar-refractivity contribution in [3.8, 4) is 12.3 Å². The van der Waals surface area contributed by atoms with Gasteiger partial charge in [-0.2, -0.15) is 0 Å². The van der Waals surface area contributed by atoms with Crippen LogP contribution < -0.4 is 5.73 Å². The summed E-state index contributed by atoms with van der Waals surface area (Å²) in [7, 11) is 0. The molecule has 0 radical (unpaired) electrons. The van der Waals surface area contributed by atoms with E-state index in [1.165, 1.54) is 0 Å². The van der Waals surface area contributed by atoms with Crippen LogP contribution in [0.4, 0.5) is 4.79 Å². The molecule has 0 aromatic rings. The lowest BCUT2D eigenvalue weighted by atomic mass is 9.88. The fourth-order valence-corrected chi connectivity index (χ4v) is 2.21. The van der Waals surface area contributed by atoms with Gasteiger partial charge in [-0.15, -0.1) is 12.3 Å². The van der Waals surface area contributed by atoms with Gasteiger partial charge in [0.15, 0.2) is 0 Å². The molecule has 0 atom stereocenters. The zero-order chi connectivity index (χ0) is 12.0. The SMILES string of the molecule is C#CCC1(OC(N)=O)CCN(CCC)CC1. The van der Waals surface area contributed by atoms with E-state index in [2.05, 4.69) is 17.7 Å². The molecule has 16 heavy (non-hydrogen) atoms. The Balaban J connectivity index is 2.55. The number of carbonyl (C=O) groups is 1. The van der Waals surface area contributed by atoms with Crippen molar-refractivity contribution in [3.63, 3.8) is 0 Å². The lowest BCUT2D eigenvalue weighted by molar-refractivity contribution is -0.0281. The number of nitrogens with two attached hydrogens (primary N) is 1. The summed E-state index contributed by atoms with van der Waals surface area (Å²) in [5, 5.41) is 0. The number of hydrogen-bond acceptors (Lipinski definition) is 3. The van der Waals surface area contributed by atoms with Crippen molar-refractivity contribution in [2.24, 2.45) is 5.73 Å². The Morgan fingerprint density at radius 3 is 2.62 bits per heavy atom. The fraction of sp³-hybridized carbons (Fsp3) is 0.750. The minimum Gasteiger partial charge on any atom is -0.442 e. The van der Waals surface area contributed by atoms with E-state index in [1.807, 2.05) is 0 Å². The lowest BCUT2D eigenvalue weighted by Gasteiger charge is -2.39. The second-order valence-electron chi connectivity index (χ2n) is 4.33. The standard InChI is InChI=1S/C12H20N2O2/c1-3-5-12(16-11(13)15)6-9-14(8-4-2)10-7-12/h1H,4-10H2,2H3,(H2,13,15). The highest BCUT2D eigenvalue weighted by atomic mass is 16.6. The van der Waals surface area contributed by atoms with Gasteiger partial charge in [0.05, 0.1) is 0 Å². The van der Waals surface area contributed by atoms with Crippen LogP contribution in [0, 0.1) is 12.3 Å². The Morgan fingerprint density at radius 2 is 2.19 bits per heavy atom. The molecule has 0 aliphatic carbocycles. The number of amides is 1. The second kappa shape index (κ2) is 5.76. The predicted octanol–water partition coefficient (Wildman–Crippen LogP) is 1.35. The van der Waals surface area contributed by atoms with Crippen LogP contribution in [0.3, 0.4) is 0 Å². The molecule has 0 saturated carbocycles.